The second-order valence-corrected chi connectivity index (χ2v) is 2.83. The molecule has 0 N–H and O–H groups in total. The van der Waals surface area contributed by atoms with Crippen LogP contribution in [0.5, 0.6) is 0 Å². The summed E-state index contributed by atoms with van der Waals surface area (Å²) in [6, 6.07) is 0. The molecule has 0 bridgehead atoms. The average Bonchev–Trinajstić information content (AvgIpc) is 1.89. The zero-order chi connectivity index (χ0) is 7.98. The minimum absolute atomic E-state index is 0.246. The van der Waals surface area contributed by atoms with Crippen molar-refractivity contribution in [3.8, 4) is 0 Å². The summed E-state index contributed by atoms with van der Waals surface area (Å²) in [5.74, 6) is 0.685. The molecule has 1 nitrogen and oxygen atoms in total. The van der Waals surface area contributed by atoms with Gasteiger partial charge in [0.05, 0.1) is 6.61 Å². The predicted octanol–water partition coefficient (Wildman–Crippen LogP) is 3.47. The first-order valence-corrected chi connectivity index (χ1v) is 4.14. The molecule has 0 aromatic heterocycles. The molecule has 0 aromatic carbocycles. The first kappa shape index (κ1) is 10.1. The lowest BCUT2D eigenvalue weighted by molar-refractivity contribution is 0.205. The lowest BCUT2D eigenvalue weighted by atomic mass is 10.4. The SMILES string of the molecule is CCCOC(CC)=C(Cl)Cl. The van der Waals surface area contributed by atoms with Gasteiger partial charge in [0.25, 0.3) is 0 Å². The van der Waals surface area contributed by atoms with Crippen LogP contribution in [0.2, 0.25) is 0 Å². The van der Waals surface area contributed by atoms with Crippen LogP contribution in [0.4, 0.5) is 0 Å². The maximum absolute atomic E-state index is 5.50. The van der Waals surface area contributed by atoms with E-state index in [9.17, 15) is 0 Å². The Labute approximate surface area is 72.0 Å². The normalized spacial score (nSPS) is 9.20. The smallest absolute Gasteiger partial charge is 0.144 e. The van der Waals surface area contributed by atoms with Gasteiger partial charge in [-0.05, 0) is 6.42 Å². The molecule has 0 spiro atoms. The number of halogens is 2. The molecule has 0 amide bonds. The number of ether oxygens (including phenoxy) is 1. The van der Waals surface area contributed by atoms with Crippen molar-refractivity contribution in [2.75, 3.05) is 6.61 Å². The van der Waals surface area contributed by atoms with E-state index < -0.39 is 0 Å². The molecule has 0 fully saturated rings. The monoisotopic (exact) mass is 182 g/mol. The third-order valence-corrected chi connectivity index (χ3v) is 1.43. The largest absolute Gasteiger partial charge is 0.495 e. The second-order valence-electron chi connectivity index (χ2n) is 1.89. The molecule has 10 heavy (non-hydrogen) atoms. The van der Waals surface area contributed by atoms with Crippen molar-refractivity contribution in [3.63, 3.8) is 0 Å². The average molecular weight is 183 g/mol. The first-order valence-electron chi connectivity index (χ1n) is 3.39. The number of hydrogen-bond donors (Lipinski definition) is 0. The standard InChI is InChI=1S/C7H12Cl2O/c1-3-5-10-6(4-2)7(8)9/h3-5H2,1-2H3. The maximum atomic E-state index is 5.50. The predicted molar refractivity (Wildman–Crippen MR) is 45.3 cm³/mol. The number of hydrogen-bond acceptors (Lipinski definition) is 1. The van der Waals surface area contributed by atoms with Gasteiger partial charge in [-0.1, -0.05) is 37.0 Å². The van der Waals surface area contributed by atoms with Crippen molar-refractivity contribution in [2.45, 2.75) is 26.7 Å². The van der Waals surface area contributed by atoms with Gasteiger partial charge in [0.15, 0.2) is 0 Å². The molecule has 0 unspecified atom stereocenters. The molecule has 3 heteroatoms. The van der Waals surface area contributed by atoms with Crippen LogP contribution in [-0.2, 0) is 4.74 Å². The summed E-state index contributed by atoms with van der Waals surface area (Å²) in [7, 11) is 0. The third-order valence-electron chi connectivity index (χ3n) is 1.01. The molecule has 60 valence electrons. The van der Waals surface area contributed by atoms with Gasteiger partial charge in [-0.3, -0.25) is 0 Å². The van der Waals surface area contributed by atoms with Gasteiger partial charge >= 0.3 is 0 Å². The molecule has 0 rings (SSSR count). The van der Waals surface area contributed by atoms with Gasteiger partial charge in [0.2, 0.25) is 0 Å². The summed E-state index contributed by atoms with van der Waals surface area (Å²) in [6.07, 6.45) is 1.73. The van der Waals surface area contributed by atoms with Crippen molar-refractivity contribution in [1.82, 2.24) is 0 Å². The molecule has 0 atom stereocenters. The Morgan fingerprint density at radius 3 is 2.20 bits per heavy atom. The number of allylic oxidation sites excluding steroid dienone is 1. The summed E-state index contributed by atoms with van der Waals surface area (Å²) in [5.41, 5.74) is 0. The van der Waals surface area contributed by atoms with E-state index in [0.717, 1.165) is 12.8 Å². The van der Waals surface area contributed by atoms with Crippen molar-refractivity contribution in [1.29, 1.82) is 0 Å². The molecule has 0 aromatic rings. The van der Waals surface area contributed by atoms with E-state index in [2.05, 4.69) is 0 Å². The van der Waals surface area contributed by atoms with E-state index in [1.165, 1.54) is 0 Å². The summed E-state index contributed by atoms with van der Waals surface area (Å²) in [6.45, 7) is 4.68. The molecule has 0 saturated carbocycles. The van der Waals surface area contributed by atoms with Gasteiger partial charge in [-0.2, -0.15) is 0 Å². The highest BCUT2D eigenvalue weighted by Crippen LogP contribution is 2.17. The van der Waals surface area contributed by atoms with Gasteiger partial charge in [0, 0.05) is 6.42 Å². The van der Waals surface area contributed by atoms with Crippen LogP contribution in [0.3, 0.4) is 0 Å². The van der Waals surface area contributed by atoms with Crippen molar-refractivity contribution >= 4 is 23.2 Å². The number of rotatable bonds is 4. The highest BCUT2D eigenvalue weighted by atomic mass is 35.5. The molecule has 0 aliphatic heterocycles. The van der Waals surface area contributed by atoms with Crippen molar-refractivity contribution in [3.05, 3.63) is 10.3 Å². The van der Waals surface area contributed by atoms with E-state index >= 15 is 0 Å². The van der Waals surface area contributed by atoms with Crippen LogP contribution in [0.15, 0.2) is 10.3 Å². The van der Waals surface area contributed by atoms with Gasteiger partial charge in [-0.25, -0.2) is 0 Å². The van der Waals surface area contributed by atoms with E-state index in [4.69, 9.17) is 27.9 Å². The Kier molecular flexibility index (Phi) is 5.94. The van der Waals surface area contributed by atoms with Gasteiger partial charge in [0.1, 0.15) is 10.3 Å². The zero-order valence-corrected chi connectivity index (χ0v) is 7.80. The van der Waals surface area contributed by atoms with E-state index in [0.29, 0.717) is 12.4 Å². The molecule has 0 heterocycles. The fourth-order valence-electron chi connectivity index (χ4n) is 0.516. The Bertz CT molecular complexity index is 117. The Balaban J connectivity index is 3.73. The summed E-state index contributed by atoms with van der Waals surface area (Å²) >= 11 is 11.0. The summed E-state index contributed by atoms with van der Waals surface area (Å²) in [4.78, 5) is 0. The minimum Gasteiger partial charge on any atom is -0.495 e. The van der Waals surface area contributed by atoms with Crippen LogP contribution in [0, 0.1) is 0 Å². The van der Waals surface area contributed by atoms with Crippen LogP contribution in [-0.4, -0.2) is 6.61 Å². The molecular weight excluding hydrogens is 171 g/mol. The molecule has 0 saturated heterocycles. The first-order chi connectivity index (χ1) is 4.72. The van der Waals surface area contributed by atoms with Crippen molar-refractivity contribution < 1.29 is 4.74 Å². The second kappa shape index (κ2) is 5.87. The maximum Gasteiger partial charge on any atom is 0.144 e. The van der Waals surface area contributed by atoms with Gasteiger partial charge < -0.3 is 4.74 Å². The van der Waals surface area contributed by atoms with E-state index in [1.54, 1.807) is 0 Å². The summed E-state index contributed by atoms with van der Waals surface area (Å²) < 4.78 is 5.46. The fraction of sp³-hybridized carbons (Fsp3) is 0.714. The Morgan fingerprint density at radius 2 is 1.90 bits per heavy atom. The quantitative estimate of drug-likeness (QED) is 0.606. The van der Waals surface area contributed by atoms with Crippen LogP contribution >= 0.6 is 23.2 Å². The minimum atomic E-state index is 0.246. The third kappa shape index (κ3) is 4.02. The van der Waals surface area contributed by atoms with E-state index in [1.807, 2.05) is 13.8 Å². The molecule has 0 aliphatic carbocycles. The highest BCUT2D eigenvalue weighted by molar-refractivity contribution is 6.56. The van der Waals surface area contributed by atoms with E-state index in [-0.39, 0.29) is 4.49 Å². The molecule has 0 aliphatic rings. The zero-order valence-electron chi connectivity index (χ0n) is 6.29. The topological polar surface area (TPSA) is 9.23 Å². The lowest BCUT2D eigenvalue weighted by Gasteiger charge is -2.06. The Morgan fingerprint density at radius 1 is 1.30 bits per heavy atom. The fourth-order valence-corrected chi connectivity index (χ4v) is 0.892. The Hall–Kier alpha value is 0.120. The molecular formula is C7H12Cl2O. The lowest BCUT2D eigenvalue weighted by Crippen LogP contribution is -1.92. The van der Waals surface area contributed by atoms with Crippen LogP contribution in [0.25, 0.3) is 0 Å². The highest BCUT2D eigenvalue weighted by Gasteiger charge is 1.99. The van der Waals surface area contributed by atoms with Crippen molar-refractivity contribution in [2.24, 2.45) is 0 Å². The van der Waals surface area contributed by atoms with Crippen LogP contribution in [0.1, 0.15) is 26.7 Å². The van der Waals surface area contributed by atoms with Gasteiger partial charge in [-0.15, -0.1) is 0 Å². The van der Waals surface area contributed by atoms with Crippen LogP contribution < -0.4 is 0 Å². The summed E-state index contributed by atoms with van der Waals surface area (Å²) in [5, 5.41) is 0. The molecule has 0 radical (unpaired) electrons.